The van der Waals surface area contributed by atoms with Crippen molar-refractivity contribution >= 4 is 10.8 Å². The highest BCUT2D eigenvalue weighted by Crippen LogP contribution is 2.18. The van der Waals surface area contributed by atoms with E-state index in [4.69, 9.17) is 10.5 Å². The van der Waals surface area contributed by atoms with Crippen LogP contribution in [0.25, 0.3) is 0 Å². The van der Waals surface area contributed by atoms with Gasteiger partial charge in [-0.3, -0.25) is 4.21 Å². The maximum absolute atomic E-state index is 11.6. The molecule has 1 heterocycles. The van der Waals surface area contributed by atoms with Crippen LogP contribution in [-0.4, -0.2) is 34.0 Å². The van der Waals surface area contributed by atoms with Gasteiger partial charge in [0.05, 0.1) is 11.4 Å². The summed E-state index contributed by atoms with van der Waals surface area (Å²) < 4.78 is 17.0. The van der Waals surface area contributed by atoms with Gasteiger partial charge in [-0.15, -0.1) is 0 Å². The molecule has 0 aromatic carbocycles. The van der Waals surface area contributed by atoms with E-state index in [0.29, 0.717) is 5.75 Å². The first-order valence-electron chi connectivity index (χ1n) is 4.35. The van der Waals surface area contributed by atoms with Crippen LogP contribution >= 0.6 is 0 Å². The van der Waals surface area contributed by atoms with E-state index < -0.39 is 10.8 Å². The summed E-state index contributed by atoms with van der Waals surface area (Å²) in [6.07, 6.45) is 1.06. The molecule has 1 fully saturated rings. The fourth-order valence-corrected chi connectivity index (χ4v) is 3.07. The van der Waals surface area contributed by atoms with Crippen molar-refractivity contribution in [3.63, 3.8) is 0 Å². The molecule has 4 unspecified atom stereocenters. The second kappa shape index (κ2) is 4.35. The predicted octanol–water partition coefficient (Wildman–Crippen LogP) is 0.260. The first kappa shape index (κ1) is 10.2. The Kier molecular flexibility index (Phi) is 3.68. The lowest BCUT2D eigenvalue weighted by atomic mass is 10.3. The molecule has 1 aliphatic rings. The minimum atomic E-state index is -0.806. The molecular weight excluding hydrogens is 174 g/mol. The summed E-state index contributed by atoms with van der Waals surface area (Å²) in [4.78, 5) is 0. The Labute approximate surface area is 76.1 Å². The molecule has 0 amide bonds. The molecule has 72 valence electrons. The van der Waals surface area contributed by atoms with Crippen LogP contribution < -0.4 is 5.73 Å². The van der Waals surface area contributed by atoms with E-state index >= 15 is 0 Å². The summed E-state index contributed by atoms with van der Waals surface area (Å²) in [5.41, 5.74) is 5.57. The van der Waals surface area contributed by atoms with Gasteiger partial charge in [0.2, 0.25) is 0 Å². The molecule has 0 aromatic rings. The summed E-state index contributed by atoms with van der Waals surface area (Å²) >= 11 is 0. The van der Waals surface area contributed by atoms with Crippen LogP contribution in [0.4, 0.5) is 0 Å². The molecule has 0 radical (unpaired) electrons. The van der Waals surface area contributed by atoms with Crippen LogP contribution in [0.1, 0.15) is 20.3 Å². The zero-order valence-corrected chi connectivity index (χ0v) is 8.47. The first-order valence-corrected chi connectivity index (χ1v) is 5.74. The fraction of sp³-hybridized carbons (Fsp3) is 1.00. The highest BCUT2D eigenvalue weighted by Gasteiger charge is 2.29. The highest BCUT2D eigenvalue weighted by molar-refractivity contribution is 7.85. The van der Waals surface area contributed by atoms with Gasteiger partial charge in [0.1, 0.15) is 0 Å². The van der Waals surface area contributed by atoms with Crippen LogP contribution in [-0.2, 0) is 15.5 Å². The minimum Gasteiger partial charge on any atom is -0.377 e. The van der Waals surface area contributed by atoms with Gasteiger partial charge < -0.3 is 10.5 Å². The molecule has 0 bridgehead atoms. The van der Waals surface area contributed by atoms with E-state index in [1.807, 2.05) is 13.8 Å². The van der Waals surface area contributed by atoms with Gasteiger partial charge >= 0.3 is 0 Å². The number of ether oxygens (including phenoxy) is 1. The number of hydrogen-bond donors (Lipinski definition) is 1. The summed E-state index contributed by atoms with van der Waals surface area (Å²) in [5.74, 6) is 0.596. The van der Waals surface area contributed by atoms with Crippen molar-refractivity contribution in [1.29, 1.82) is 0 Å². The van der Waals surface area contributed by atoms with Crippen LogP contribution in [0.5, 0.6) is 0 Å². The van der Waals surface area contributed by atoms with Gasteiger partial charge in [-0.25, -0.2) is 0 Å². The van der Waals surface area contributed by atoms with Crippen molar-refractivity contribution in [3.8, 4) is 0 Å². The van der Waals surface area contributed by atoms with Crippen LogP contribution in [0.15, 0.2) is 0 Å². The first-order chi connectivity index (χ1) is 5.61. The Balaban J connectivity index is 2.41. The minimum absolute atomic E-state index is 0.0265. The molecule has 1 saturated heterocycles. The van der Waals surface area contributed by atoms with Gasteiger partial charge in [-0.05, 0) is 20.3 Å². The van der Waals surface area contributed by atoms with E-state index in [2.05, 4.69) is 0 Å². The van der Waals surface area contributed by atoms with Crippen molar-refractivity contribution in [2.24, 2.45) is 5.73 Å². The normalized spacial score (nSPS) is 34.9. The van der Waals surface area contributed by atoms with Gasteiger partial charge in [-0.1, -0.05) is 0 Å². The molecule has 4 atom stereocenters. The standard InChI is InChI=1S/C8H17NO2S/c1-6(9)5-12(10)8-3-4-11-7(8)2/h6-8H,3-5,9H2,1-2H3. The molecule has 0 spiro atoms. The Morgan fingerprint density at radius 1 is 1.75 bits per heavy atom. The lowest BCUT2D eigenvalue weighted by Crippen LogP contribution is -2.31. The lowest BCUT2D eigenvalue weighted by Gasteiger charge is -2.14. The average Bonchev–Trinajstić information content (AvgIpc) is 2.33. The molecular formula is C8H17NO2S. The third-order valence-corrected chi connectivity index (χ3v) is 4.22. The molecule has 0 aliphatic carbocycles. The van der Waals surface area contributed by atoms with Gasteiger partial charge in [0.15, 0.2) is 0 Å². The molecule has 2 N–H and O–H groups in total. The number of rotatable bonds is 3. The lowest BCUT2D eigenvalue weighted by molar-refractivity contribution is 0.127. The van der Waals surface area contributed by atoms with E-state index in [0.717, 1.165) is 13.0 Å². The van der Waals surface area contributed by atoms with Gasteiger partial charge in [0, 0.05) is 29.2 Å². The molecule has 1 rings (SSSR count). The van der Waals surface area contributed by atoms with Crippen molar-refractivity contribution in [2.45, 2.75) is 37.7 Å². The SMILES string of the molecule is CC(N)CS(=O)C1CCOC1C. The van der Waals surface area contributed by atoms with Gasteiger partial charge in [-0.2, -0.15) is 0 Å². The predicted molar refractivity (Wildman–Crippen MR) is 50.5 cm³/mol. The molecule has 3 nitrogen and oxygen atoms in total. The Hall–Kier alpha value is 0.0700. The third-order valence-electron chi connectivity index (χ3n) is 2.07. The second-order valence-electron chi connectivity index (χ2n) is 3.43. The maximum atomic E-state index is 11.6. The Morgan fingerprint density at radius 2 is 2.42 bits per heavy atom. The van der Waals surface area contributed by atoms with E-state index in [1.165, 1.54) is 0 Å². The van der Waals surface area contributed by atoms with E-state index in [1.54, 1.807) is 0 Å². The van der Waals surface area contributed by atoms with Crippen molar-refractivity contribution in [3.05, 3.63) is 0 Å². The van der Waals surface area contributed by atoms with Crippen LogP contribution in [0, 0.1) is 0 Å². The average molecular weight is 191 g/mol. The topological polar surface area (TPSA) is 52.3 Å². The monoisotopic (exact) mass is 191 g/mol. The zero-order chi connectivity index (χ0) is 9.14. The van der Waals surface area contributed by atoms with E-state index in [9.17, 15) is 4.21 Å². The second-order valence-corrected chi connectivity index (χ2v) is 5.13. The Bertz CT molecular complexity index is 172. The highest BCUT2D eigenvalue weighted by atomic mass is 32.2. The third kappa shape index (κ3) is 2.54. The fourth-order valence-electron chi connectivity index (χ4n) is 1.44. The van der Waals surface area contributed by atoms with Crippen molar-refractivity contribution < 1.29 is 8.95 Å². The maximum Gasteiger partial charge on any atom is 0.0691 e. The van der Waals surface area contributed by atoms with Crippen molar-refractivity contribution in [2.75, 3.05) is 12.4 Å². The summed E-state index contributed by atoms with van der Waals surface area (Å²) in [6, 6.07) is 0.0265. The van der Waals surface area contributed by atoms with Crippen molar-refractivity contribution in [1.82, 2.24) is 0 Å². The Morgan fingerprint density at radius 3 is 2.83 bits per heavy atom. The zero-order valence-electron chi connectivity index (χ0n) is 7.66. The molecule has 4 heteroatoms. The number of hydrogen-bond acceptors (Lipinski definition) is 3. The molecule has 12 heavy (non-hydrogen) atoms. The molecule has 0 saturated carbocycles. The van der Waals surface area contributed by atoms with E-state index in [-0.39, 0.29) is 17.4 Å². The van der Waals surface area contributed by atoms with Gasteiger partial charge in [0.25, 0.3) is 0 Å². The largest absolute Gasteiger partial charge is 0.377 e. The summed E-state index contributed by atoms with van der Waals surface area (Å²) in [5, 5.41) is 0.205. The number of nitrogens with two attached hydrogens (primary N) is 1. The quantitative estimate of drug-likeness (QED) is 0.696. The molecule has 0 aromatic heterocycles. The summed E-state index contributed by atoms with van der Waals surface area (Å²) in [7, 11) is -0.806. The molecule has 1 aliphatic heterocycles. The van der Waals surface area contributed by atoms with Crippen LogP contribution in [0.3, 0.4) is 0 Å². The summed E-state index contributed by atoms with van der Waals surface area (Å²) in [6.45, 7) is 4.62. The smallest absolute Gasteiger partial charge is 0.0691 e. The van der Waals surface area contributed by atoms with Crippen LogP contribution in [0.2, 0.25) is 0 Å².